The number of sulfonamides is 1. The molecule has 1 aliphatic heterocycles. The number of nitriles is 1. The van der Waals surface area contributed by atoms with Gasteiger partial charge in [0.25, 0.3) is 0 Å². The number of rotatable bonds is 5. The Bertz CT molecular complexity index is 824. The molecule has 6 nitrogen and oxygen atoms in total. The Labute approximate surface area is 182 Å². The Morgan fingerprint density at radius 2 is 1.80 bits per heavy atom. The number of hydrogen-bond donors (Lipinski definition) is 1. The first-order valence-electron chi connectivity index (χ1n) is 10.1. The zero-order chi connectivity index (χ0) is 20.0. The van der Waals surface area contributed by atoms with Crippen molar-refractivity contribution in [1.82, 2.24) is 9.62 Å². The number of benzene rings is 1. The summed E-state index contributed by atoms with van der Waals surface area (Å²) in [7, 11) is -3.61. The number of carbonyl (C=O) groups is 1. The second-order valence-corrected chi connectivity index (χ2v) is 9.68. The zero-order valence-electron chi connectivity index (χ0n) is 17.6. The predicted molar refractivity (Wildman–Crippen MR) is 117 cm³/mol. The Hall–Kier alpha value is -1.91. The maximum Gasteiger partial charge on any atom is 0.243 e. The highest BCUT2D eigenvalue weighted by Gasteiger charge is 2.33. The lowest BCUT2D eigenvalue weighted by molar-refractivity contribution is -0.120. The van der Waals surface area contributed by atoms with Crippen molar-refractivity contribution in [1.29, 1.82) is 5.26 Å². The molecular weight excluding hydrogens is 398 g/mol. The molecule has 1 aromatic rings. The lowest BCUT2D eigenvalue weighted by Crippen LogP contribution is -2.35. The van der Waals surface area contributed by atoms with Crippen molar-refractivity contribution in [2.45, 2.75) is 56.3 Å². The Kier molecular flexibility index (Phi) is 10.5. The Morgan fingerprint density at radius 1 is 1.13 bits per heavy atom. The van der Waals surface area contributed by atoms with E-state index in [2.05, 4.69) is 5.32 Å². The monoisotopic (exact) mass is 430 g/mol. The van der Waals surface area contributed by atoms with Crippen molar-refractivity contribution in [2.75, 3.05) is 19.6 Å². The van der Waals surface area contributed by atoms with Gasteiger partial charge in [0, 0.05) is 19.6 Å². The van der Waals surface area contributed by atoms with Gasteiger partial charge in [-0.05, 0) is 43.4 Å². The van der Waals surface area contributed by atoms with Gasteiger partial charge in [0.2, 0.25) is 15.9 Å². The molecule has 163 valence electrons. The molecule has 5 radical (unpaired) electrons. The zero-order valence-corrected chi connectivity index (χ0v) is 18.4. The van der Waals surface area contributed by atoms with Crippen LogP contribution in [-0.4, -0.2) is 38.3 Å². The number of amides is 1. The van der Waals surface area contributed by atoms with Gasteiger partial charge in [-0.2, -0.15) is 9.57 Å². The first-order chi connectivity index (χ1) is 13.5. The molecule has 0 bridgehead atoms. The quantitative estimate of drug-likeness (QED) is 0.772. The normalized spacial score (nSPS) is 20.7. The number of hydrogen-bond acceptors (Lipinski definition) is 4. The van der Waals surface area contributed by atoms with Gasteiger partial charge in [-0.15, -0.1) is 0 Å². The van der Waals surface area contributed by atoms with Gasteiger partial charge in [0.15, 0.2) is 0 Å². The fourth-order valence-electron chi connectivity index (χ4n) is 3.98. The van der Waals surface area contributed by atoms with Crippen molar-refractivity contribution >= 4 is 15.9 Å². The third-order valence-electron chi connectivity index (χ3n) is 5.68. The highest BCUT2D eigenvalue weighted by Crippen LogP contribution is 2.26. The van der Waals surface area contributed by atoms with Gasteiger partial charge in [-0.25, -0.2) is 8.42 Å². The van der Waals surface area contributed by atoms with E-state index in [9.17, 15) is 13.2 Å². The molecule has 1 atom stereocenters. The first kappa shape index (κ1) is 26.1. The Morgan fingerprint density at radius 3 is 2.47 bits per heavy atom. The molecule has 7 heteroatoms. The van der Waals surface area contributed by atoms with E-state index in [0.29, 0.717) is 25.2 Å². The minimum atomic E-state index is -3.61. The molecule has 1 saturated heterocycles. The smallest absolute Gasteiger partial charge is 0.243 e. The van der Waals surface area contributed by atoms with Gasteiger partial charge in [-0.3, -0.25) is 4.79 Å². The topological polar surface area (TPSA) is 90.3 Å². The first-order valence-corrected chi connectivity index (χ1v) is 11.6. The van der Waals surface area contributed by atoms with Crippen molar-refractivity contribution in [3.05, 3.63) is 50.6 Å². The molecule has 1 aliphatic carbocycles. The molecule has 1 aromatic carbocycles. The summed E-state index contributed by atoms with van der Waals surface area (Å²) in [4.78, 5) is 12.6. The van der Waals surface area contributed by atoms with E-state index >= 15 is 0 Å². The third kappa shape index (κ3) is 6.55. The largest absolute Gasteiger partial charge is 0.355 e. The lowest BCUT2D eigenvalue weighted by Gasteiger charge is -2.20. The van der Waals surface area contributed by atoms with Gasteiger partial charge < -0.3 is 5.32 Å². The summed E-state index contributed by atoms with van der Waals surface area (Å²) in [6.07, 6.45) is 8.31. The molecule has 2 aliphatic rings. The van der Waals surface area contributed by atoms with Crippen LogP contribution in [0.5, 0.6) is 0 Å². The van der Waals surface area contributed by atoms with Crippen LogP contribution in [0.25, 0.3) is 0 Å². The van der Waals surface area contributed by atoms with Crippen LogP contribution in [0.2, 0.25) is 0 Å². The van der Waals surface area contributed by atoms with Crippen molar-refractivity contribution < 1.29 is 13.2 Å². The van der Waals surface area contributed by atoms with Gasteiger partial charge in [0.05, 0.1) is 22.4 Å². The second-order valence-electron chi connectivity index (χ2n) is 7.74. The van der Waals surface area contributed by atoms with E-state index in [1.165, 1.54) is 35.7 Å². The number of carbonyl (C=O) groups excluding carboxylic acids is 1. The molecule has 0 spiro atoms. The molecule has 1 heterocycles. The van der Waals surface area contributed by atoms with Crippen LogP contribution in [-0.2, 0) is 14.8 Å². The van der Waals surface area contributed by atoms with Crippen LogP contribution in [0.1, 0.15) is 56.9 Å². The van der Waals surface area contributed by atoms with Gasteiger partial charge in [0.1, 0.15) is 0 Å². The summed E-state index contributed by atoms with van der Waals surface area (Å²) in [5, 5.41) is 12.0. The van der Waals surface area contributed by atoms with E-state index in [4.69, 9.17) is 5.26 Å². The molecule has 1 unspecified atom stereocenters. The summed E-state index contributed by atoms with van der Waals surface area (Å²) < 4.78 is 27.1. The van der Waals surface area contributed by atoms with Gasteiger partial charge in [-0.1, -0.05) is 53.0 Å². The van der Waals surface area contributed by atoms with Crippen molar-refractivity contribution in [3.8, 4) is 6.07 Å². The summed E-state index contributed by atoms with van der Waals surface area (Å²) in [6, 6.07) is 8.10. The SMILES string of the molecule is N#Cc1cccc(S(=O)(=O)N2CCC(CNC(=O)[C]3CCCCCCC3)C2)c1.[CH2].[CH2]. The maximum atomic E-state index is 12.8. The molecule has 2 fully saturated rings. The number of nitrogens with zero attached hydrogens (tertiary/aromatic N) is 2. The summed E-state index contributed by atoms with van der Waals surface area (Å²) in [5.41, 5.74) is 0.334. The van der Waals surface area contributed by atoms with E-state index in [-0.39, 0.29) is 31.6 Å². The molecule has 1 N–H and O–H groups in total. The third-order valence-corrected chi connectivity index (χ3v) is 7.54. The van der Waals surface area contributed by atoms with Crippen LogP contribution >= 0.6 is 0 Å². The van der Waals surface area contributed by atoms with Crippen LogP contribution in [0.3, 0.4) is 0 Å². The molecular formula is C23H32N3O3S. The standard InChI is InChI=1S/C21H28N3O3S.2CH2/c22-14-17-7-6-10-20(13-17)28(26,27)24-12-11-18(16-24)15-23-21(25)19-8-4-2-1-3-5-9-19;;/h6-7,10,13,18H,1-5,8-9,11-12,15-16H2,(H,23,25);2*1H2. The summed E-state index contributed by atoms with van der Waals surface area (Å²) >= 11 is 0. The van der Waals surface area contributed by atoms with Crippen LogP contribution < -0.4 is 5.32 Å². The van der Waals surface area contributed by atoms with Crippen LogP contribution in [0.15, 0.2) is 29.2 Å². The van der Waals surface area contributed by atoms with E-state index in [0.717, 1.165) is 38.0 Å². The predicted octanol–water partition coefficient (Wildman–Crippen LogP) is 3.66. The van der Waals surface area contributed by atoms with E-state index in [1.807, 2.05) is 6.07 Å². The highest BCUT2D eigenvalue weighted by molar-refractivity contribution is 7.89. The van der Waals surface area contributed by atoms with Crippen molar-refractivity contribution in [3.63, 3.8) is 0 Å². The minimum absolute atomic E-state index is 0. The maximum absolute atomic E-state index is 12.8. The molecule has 3 rings (SSSR count). The average Bonchev–Trinajstić information content (AvgIpc) is 3.16. The second kappa shape index (κ2) is 12.1. The molecule has 1 saturated carbocycles. The minimum Gasteiger partial charge on any atom is -0.355 e. The van der Waals surface area contributed by atoms with E-state index < -0.39 is 10.0 Å². The lowest BCUT2D eigenvalue weighted by atomic mass is 9.90. The van der Waals surface area contributed by atoms with Gasteiger partial charge >= 0.3 is 0 Å². The molecule has 0 aromatic heterocycles. The van der Waals surface area contributed by atoms with E-state index in [1.54, 1.807) is 12.1 Å². The average molecular weight is 431 g/mol. The van der Waals surface area contributed by atoms with Crippen LogP contribution in [0, 0.1) is 38.0 Å². The van der Waals surface area contributed by atoms with Crippen LogP contribution in [0.4, 0.5) is 0 Å². The Balaban J connectivity index is 0.00000225. The molecule has 1 amide bonds. The fourth-order valence-corrected chi connectivity index (χ4v) is 5.56. The highest BCUT2D eigenvalue weighted by atomic mass is 32.2. The fraction of sp³-hybridized carbons (Fsp3) is 0.522. The summed E-state index contributed by atoms with van der Waals surface area (Å²) in [6.45, 7) is 1.34. The molecule has 30 heavy (non-hydrogen) atoms. The van der Waals surface area contributed by atoms with Crippen molar-refractivity contribution in [2.24, 2.45) is 5.92 Å². The summed E-state index contributed by atoms with van der Waals surface area (Å²) in [5.74, 6) is 1.16. The number of nitrogens with one attached hydrogen (secondary N) is 1.